The van der Waals surface area contributed by atoms with Crippen molar-refractivity contribution in [2.75, 3.05) is 13.6 Å². The second-order valence-corrected chi connectivity index (χ2v) is 3.65. The van der Waals surface area contributed by atoms with Crippen molar-refractivity contribution in [1.82, 2.24) is 4.90 Å². The van der Waals surface area contributed by atoms with Crippen LogP contribution in [0.25, 0.3) is 0 Å². The van der Waals surface area contributed by atoms with Gasteiger partial charge in [0.2, 0.25) is 0 Å². The molecule has 0 aliphatic rings. The standard InChI is InChI=1S/C8H16NS/c1-5-8(2,3)6-9(4)7-10/h5-6H2,1-4H3. The summed E-state index contributed by atoms with van der Waals surface area (Å²) < 4.78 is 0. The monoisotopic (exact) mass is 158 g/mol. The van der Waals surface area contributed by atoms with Crippen LogP contribution in [0.1, 0.15) is 27.2 Å². The molecule has 0 atom stereocenters. The van der Waals surface area contributed by atoms with Gasteiger partial charge < -0.3 is 4.90 Å². The summed E-state index contributed by atoms with van der Waals surface area (Å²) in [6.45, 7) is 7.65. The van der Waals surface area contributed by atoms with E-state index in [1.165, 1.54) is 6.42 Å². The van der Waals surface area contributed by atoms with E-state index in [9.17, 15) is 0 Å². The summed E-state index contributed by atoms with van der Waals surface area (Å²) >= 11 is 4.67. The van der Waals surface area contributed by atoms with Gasteiger partial charge >= 0.3 is 0 Å². The summed E-state index contributed by atoms with van der Waals surface area (Å²) in [7, 11) is 1.96. The molecule has 0 bridgehead atoms. The first-order chi connectivity index (χ1) is 4.52. The van der Waals surface area contributed by atoms with Crippen molar-refractivity contribution in [1.29, 1.82) is 0 Å². The number of hydrogen-bond acceptors (Lipinski definition) is 1. The number of nitrogens with zero attached hydrogens (tertiary/aromatic N) is 1. The molecule has 0 fully saturated rings. The van der Waals surface area contributed by atoms with Crippen LogP contribution < -0.4 is 0 Å². The molecule has 0 aromatic carbocycles. The average Bonchev–Trinajstić information content (AvgIpc) is 1.87. The highest BCUT2D eigenvalue weighted by molar-refractivity contribution is 7.78. The Morgan fingerprint density at radius 2 is 2.00 bits per heavy atom. The summed E-state index contributed by atoms with van der Waals surface area (Å²) in [6.07, 6.45) is 1.17. The highest BCUT2D eigenvalue weighted by Gasteiger charge is 2.15. The topological polar surface area (TPSA) is 3.24 Å². The van der Waals surface area contributed by atoms with Gasteiger partial charge in [-0.3, -0.25) is 0 Å². The highest BCUT2D eigenvalue weighted by atomic mass is 32.1. The molecule has 0 aromatic rings. The van der Waals surface area contributed by atoms with Gasteiger partial charge in [0.1, 0.15) is 5.49 Å². The molecule has 10 heavy (non-hydrogen) atoms. The van der Waals surface area contributed by atoms with E-state index in [1.54, 1.807) is 0 Å². The van der Waals surface area contributed by atoms with Crippen molar-refractivity contribution in [3.8, 4) is 0 Å². The van der Waals surface area contributed by atoms with Gasteiger partial charge in [-0.25, -0.2) is 0 Å². The maximum absolute atomic E-state index is 4.67. The van der Waals surface area contributed by atoms with Crippen molar-refractivity contribution in [2.24, 2.45) is 5.41 Å². The van der Waals surface area contributed by atoms with Crippen molar-refractivity contribution in [3.63, 3.8) is 0 Å². The molecule has 0 amide bonds. The molecule has 0 aliphatic carbocycles. The Labute approximate surface area is 69.4 Å². The third kappa shape index (κ3) is 3.83. The third-order valence-electron chi connectivity index (χ3n) is 1.78. The molecule has 0 aliphatic heterocycles. The lowest BCUT2D eigenvalue weighted by Crippen LogP contribution is -2.29. The molecular formula is C8H16NS. The molecule has 0 N–H and O–H groups in total. The van der Waals surface area contributed by atoms with E-state index in [4.69, 9.17) is 0 Å². The quantitative estimate of drug-likeness (QED) is 0.456. The molecule has 2 heteroatoms. The van der Waals surface area contributed by atoms with Crippen molar-refractivity contribution < 1.29 is 0 Å². The van der Waals surface area contributed by atoms with Gasteiger partial charge in [0.15, 0.2) is 0 Å². The first kappa shape index (κ1) is 9.89. The van der Waals surface area contributed by atoms with Crippen LogP contribution in [0.15, 0.2) is 0 Å². The van der Waals surface area contributed by atoms with Gasteiger partial charge in [0.25, 0.3) is 0 Å². The summed E-state index contributed by atoms with van der Waals surface area (Å²) in [5.41, 5.74) is 3.03. The minimum absolute atomic E-state index is 0.362. The largest absolute Gasteiger partial charge is 0.363 e. The smallest absolute Gasteiger partial charge is 0.136 e. The fraction of sp³-hybridized carbons (Fsp3) is 0.875. The molecular weight excluding hydrogens is 142 g/mol. The Morgan fingerprint density at radius 1 is 1.50 bits per heavy atom. The first-order valence-electron chi connectivity index (χ1n) is 3.61. The van der Waals surface area contributed by atoms with Crippen molar-refractivity contribution in [3.05, 3.63) is 0 Å². The second-order valence-electron chi connectivity index (χ2n) is 3.47. The van der Waals surface area contributed by atoms with Crippen LogP contribution in [-0.4, -0.2) is 24.0 Å². The molecule has 0 saturated carbocycles. The van der Waals surface area contributed by atoms with Crippen molar-refractivity contribution in [2.45, 2.75) is 27.2 Å². The molecule has 0 aromatic heterocycles. The van der Waals surface area contributed by atoms with E-state index in [2.05, 4.69) is 38.5 Å². The zero-order chi connectivity index (χ0) is 8.20. The maximum atomic E-state index is 4.67. The predicted molar refractivity (Wildman–Crippen MR) is 49.3 cm³/mol. The lowest BCUT2D eigenvalue weighted by atomic mass is 9.90. The molecule has 0 rings (SSSR count). The normalized spacial score (nSPS) is 11.2. The first-order valence-corrected chi connectivity index (χ1v) is 4.01. The van der Waals surface area contributed by atoms with Gasteiger partial charge in [-0.1, -0.05) is 33.0 Å². The van der Waals surface area contributed by atoms with Gasteiger partial charge in [-0.05, 0) is 11.8 Å². The zero-order valence-corrected chi connectivity index (χ0v) is 8.09. The van der Waals surface area contributed by atoms with E-state index in [1.807, 2.05) is 11.9 Å². The van der Waals surface area contributed by atoms with E-state index in [0.29, 0.717) is 5.41 Å². The fourth-order valence-corrected chi connectivity index (χ4v) is 0.851. The SMILES string of the molecule is CCC(C)(C)CN(C)[C]=S. The van der Waals surface area contributed by atoms with Crippen LogP contribution in [0.2, 0.25) is 0 Å². The van der Waals surface area contributed by atoms with E-state index < -0.39 is 0 Å². The summed E-state index contributed by atoms with van der Waals surface area (Å²) in [4.78, 5) is 1.93. The van der Waals surface area contributed by atoms with E-state index in [0.717, 1.165) is 6.54 Å². The Hall–Kier alpha value is -0.110. The fourth-order valence-electron chi connectivity index (χ4n) is 0.786. The van der Waals surface area contributed by atoms with E-state index in [-0.39, 0.29) is 0 Å². The van der Waals surface area contributed by atoms with Crippen LogP contribution in [0, 0.1) is 5.41 Å². The van der Waals surface area contributed by atoms with E-state index >= 15 is 0 Å². The summed E-state index contributed by atoms with van der Waals surface area (Å²) in [5.74, 6) is 0. The number of rotatable bonds is 4. The molecule has 0 spiro atoms. The Balaban J connectivity index is 3.75. The lowest BCUT2D eigenvalue weighted by molar-refractivity contribution is 0.274. The van der Waals surface area contributed by atoms with Gasteiger partial charge in [0.05, 0.1) is 0 Å². The van der Waals surface area contributed by atoms with Crippen LogP contribution in [0.3, 0.4) is 0 Å². The molecule has 1 radical (unpaired) electrons. The van der Waals surface area contributed by atoms with Gasteiger partial charge in [0, 0.05) is 13.6 Å². The minimum atomic E-state index is 0.362. The second kappa shape index (κ2) is 3.91. The minimum Gasteiger partial charge on any atom is -0.363 e. The summed E-state index contributed by atoms with van der Waals surface area (Å²) in [5, 5.41) is 0. The molecule has 0 heterocycles. The molecule has 0 unspecified atom stereocenters. The highest BCUT2D eigenvalue weighted by Crippen LogP contribution is 2.19. The zero-order valence-electron chi connectivity index (χ0n) is 7.27. The molecule has 1 nitrogen and oxygen atoms in total. The molecule has 59 valence electrons. The summed E-state index contributed by atoms with van der Waals surface area (Å²) in [6, 6.07) is 0. The Morgan fingerprint density at radius 3 is 2.30 bits per heavy atom. The lowest BCUT2D eigenvalue weighted by Gasteiger charge is -2.26. The van der Waals surface area contributed by atoms with Crippen LogP contribution in [0.4, 0.5) is 0 Å². The van der Waals surface area contributed by atoms with Crippen LogP contribution in [-0.2, 0) is 0 Å². The van der Waals surface area contributed by atoms with Crippen molar-refractivity contribution >= 4 is 17.7 Å². The number of thiocarbonyl (C=S) groups is 1. The Bertz CT molecular complexity index is 110. The third-order valence-corrected chi connectivity index (χ3v) is 2.09. The van der Waals surface area contributed by atoms with Gasteiger partial charge in [-0.2, -0.15) is 0 Å². The maximum Gasteiger partial charge on any atom is 0.136 e. The molecule has 0 saturated heterocycles. The van der Waals surface area contributed by atoms with Crippen LogP contribution >= 0.6 is 12.2 Å². The Kier molecular flexibility index (Phi) is 3.87. The van der Waals surface area contributed by atoms with Crippen LogP contribution in [0.5, 0.6) is 0 Å². The van der Waals surface area contributed by atoms with Gasteiger partial charge in [-0.15, -0.1) is 0 Å². The number of hydrogen-bond donors (Lipinski definition) is 0. The predicted octanol–water partition coefficient (Wildman–Crippen LogP) is 2.19. The average molecular weight is 158 g/mol.